The van der Waals surface area contributed by atoms with Crippen molar-refractivity contribution in [2.24, 2.45) is 0 Å². The number of nitrogens with zero attached hydrogens (tertiary/aromatic N) is 1. The number of carbonyl (C=O) groups excluding carboxylic acids is 2. The predicted octanol–water partition coefficient (Wildman–Crippen LogP) is 2.14. The second-order valence-electron chi connectivity index (χ2n) is 14.7. The van der Waals surface area contributed by atoms with E-state index >= 15 is 0 Å². The molecule has 6 rings (SSSR count). The number of rotatable bonds is 10. The molecule has 0 aromatic heterocycles. The number of fused-ring (bicyclic) bond motifs is 1. The summed E-state index contributed by atoms with van der Waals surface area (Å²) in [5, 5.41) is 33.9. The maximum absolute atomic E-state index is 11.3. The van der Waals surface area contributed by atoms with Crippen LogP contribution in [0.15, 0.2) is 71.7 Å². The third-order valence-electron chi connectivity index (χ3n) is 7.35. The van der Waals surface area contributed by atoms with E-state index in [1.807, 2.05) is 45.9 Å². The summed E-state index contributed by atoms with van der Waals surface area (Å²) in [7, 11) is 1.26. The molecule has 0 unspecified atom stereocenters. The molecule has 0 bridgehead atoms. The van der Waals surface area contributed by atoms with Crippen LogP contribution in [0.1, 0.15) is 100 Å². The van der Waals surface area contributed by atoms with Crippen LogP contribution < -0.4 is 24.0 Å². The van der Waals surface area contributed by atoms with Crippen molar-refractivity contribution in [2.45, 2.75) is 125 Å². The molecule has 3 fully saturated rings. The Bertz CT molecular complexity index is 1310. The normalized spacial score (nSPS) is 17.1. The number of carboxylic acid groups (broad SMARTS) is 2. The minimum atomic E-state index is -1.88. The molecule has 3 heterocycles. The van der Waals surface area contributed by atoms with E-state index in [1.54, 1.807) is 27.7 Å². The van der Waals surface area contributed by atoms with Crippen molar-refractivity contribution >= 4 is 37.5 Å². The topological polar surface area (TPSA) is 201 Å². The van der Waals surface area contributed by atoms with Gasteiger partial charge in [-0.1, -0.05) is 80.1 Å². The number of carbonyl (C=O) groups is 4. The third-order valence-corrected chi connectivity index (χ3v) is 7.35. The van der Waals surface area contributed by atoms with Gasteiger partial charge in [-0.05, 0) is 86.2 Å². The van der Waals surface area contributed by atoms with Crippen LogP contribution in [-0.4, -0.2) is 116 Å². The van der Waals surface area contributed by atoms with Gasteiger partial charge in [-0.15, -0.1) is 6.10 Å². The molecule has 0 aromatic carbocycles. The van der Waals surface area contributed by atoms with E-state index < -0.39 is 24.6 Å². The average Bonchev–Trinajstić information content (AvgIpc) is 3.92. The zero-order valence-electron chi connectivity index (χ0n) is 36.4. The SMILES string of the molecule is C1=CCC=C1.C1CCOC1.CC(C)O.CC(C)OB(OC(C)C)C1=CC=CC1.CC(C)[O-].CN(CC(=O)O)CC(=O)O.O=C1C[C+]2CC(=O)O[B-]2(C2=CC=CC2)O1.[Li+]. The molecule has 14 nitrogen and oxygen atoms in total. The van der Waals surface area contributed by atoms with Gasteiger partial charge in [-0.25, -0.2) is 0 Å². The van der Waals surface area contributed by atoms with Gasteiger partial charge >= 0.3 is 56.4 Å². The van der Waals surface area contributed by atoms with Crippen LogP contribution in [0.4, 0.5) is 0 Å². The van der Waals surface area contributed by atoms with Gasteiger partial charge in [-0.2, -0.15) is 0 Å². The number of allylic oxidation sites excluding steroid dienone is 12. The fourth-order valence-corrected chi connectivity index (χ4v) is 5.27. The minimum Gasteiger partial charge on any atom is -0.852 e. The molecule has 0 aromatic rings. The summed E-state index contributed by atoms with van der Waals surface area (Å²) >= 11 is 0. The van der Waals surface area contributed by atoms with Gasteiger partial charge in [-0.3, -0.25) is 24.1 Å². The molecule has 0 radical (unpaired) electrons. The summed E-state index contributed by atoms with van der Waals surface area (Å²) in [5.74, 6) is -1.82. The van der Waals surface area contributed by atoms with E-state index in [-0.39, 0.29) is 82.2 Å². The number of likely N-dealkylation sites (N-methyl/N-ethyl adjacent to an activating group) is 1. The Hall–Kier alpha value is -3.32. The Kier molecular flexibility index (Phi) is 31.8. The first-order valence-corrected chi connectivity index (χ1v) is 19.6. The van der Waals surface area contributed by atoms with Crippen LogP contribution in [0.5, 0.6) is 0 Å². The quantitative estimate of drug-likeness (QED) is 0.214. The summed E-state index contributed by atoms with van der Waals surface area (Å²) < 4.78 is 26.9. The molecular weight excluding hydrogens is 743 g/mol. The molecule has 3 N–H and O–H groups in total. The summed E-state index contributed by atoms with van der Waals surface area (Å²) in [6.07, 6.45) is 25.9. The zero-order chi connectivity index (χ0) is 43.4. The van der Waals surface area contributed by atoms with E-state index in [9.17, 15) is 24.3 Å². The number of hydrogen-bond donors (Lipinski definition) is 3. The van der Waals surface area contributed by atoms with Crippen molar-refractivity contribution in [1.29, 1.82) is 0 Å². The van der Waals surface area contributed by atoms with E-state index in [2.05, 4.69) is 42.5 Å². The second-order valence-corrected chi connectivity index (χ2v) is 14.7. The minimum absolute atomic E-state index is 0. The van der Waals surface area contributed by atoms with Crippen LogP contribution in [0.25, 0.3) is 0 Å². The summed E-state index contributed by atoms with van der Waals surface area (Å²) in [4.78, 5) is 43.6. The number of aliphatic carboxylic acids is 2. The first kappa shape index (κ1) is 56.8. The zero-order valence-corrected chi connectivity index (χ0v) is 36.4. The van der Waals surface area contributed by atoms with Crippen molar-refractivity contribution in [2.75, 3.05) is 33.4 Å². The molecule has 3 saturated heterocycles. The summed E-state index contributed by atoms with van der Waals surface area (Å²) in [6.45, 7) is 14.4. The van der Waals surface area contributed by atoms with Crippen LogP contribution in [0.3, 0.4) is 0 Å². The van der Waals surface area contributed by atoms with Crippen molar-refractivity contribution < 1.29 is 81.8 Å². The summed E-state index contributed by atoms with van der Waals surface area (Å²) in [6, 6.07) is 0. The standard InChI is InChI=1S/C11H19BO2.C10H9BO4.C5H9NO4.C5H6.C4H8O.C3H8O.C3H7O.Li/c1-9(2)13-12(14-10(3)4)11-7-5-6-8-11;12-9-5-8-6-10(13)15-11(8,14-9)7-3-1-2-4-7;1-6(2-4(7)8)3-5(9)10;2*1-2-4-5-3-1;2*1-3(2)4;/h5-7,9-10H,8H2,1-4H3;1-3H,4-6H2;2-3H2,1H3,(H,7,8)(H,9,10);1-4H,5H2;1-4H2;3-4H,1-2H3;3H,1-2H3;/q;;;;;;-1;+1. The van der Waals surface area contributed by atoms with Gasteiger partial charge < -0.3 is 43.8 Å². The molecule has 0 spiro atoms. The largest absolute Gasteiger partial charge is 1.00 e. The Morgan fingerprint density at radius 3 is 1.53 bits per heavy atom. The molecular formula is C41H66B2LiNO13. The van der Waals surface area contributed by atoms with Gasteiger partial charge in [0.25, 0.3) is 0 Å². The van der Waals surface area contributed by atoms with E-state index in [1.165, 1.54) is 30.3 Å². The van der Waals surface area contributed by atoms with Crippen LogP contribution in [0, 0.1) is 5.82 Å². The monoisotopic (exact) mass is 809 g/mol. The van der Waals surface area contributed by atoms with Crippen LogP contribution >= 0.6 is 0 Å². The van der Waals surface area contributed by atoms with Crippen molar-refractivity contribution in [3.63, 3.8) is 0 Å². The summed E-state index contributed by atoms with van der Waals surface area (Å²) in [5.41, 5.74) is 2.12. The van der Waals surface area contributed by atoms with Crippen molar-refractivity contribution in [3.05, 3.63) is 77.5 Å². The third kappa shape index (κ3) is 28.2. The maximum atomic E-state index is 11.3. The number of ether oxygens (including phenoxy) is 1. The molecule has 320 valence electrons. The number of hydrogen-bond acceptors (Lipinski definition) is 12. The Morgan fingerprint density at radius 2 is 1.24 bits per heavy atom. The van der Waals surface area contributed by atoms with Crippen molar-refractivity contribution in [1.82, 2.24) is 4.90 Å². The smallest absolute Gasteiger partial charge is 0.852 e. The predicted molar refractivity (Wildman–Crippen MR) is 221 cm³/mol. The molecule has 0 saturated carbocycles. The van der Waals surface area contributed by atoms with Gasteiger partial charge in [0.05, 0.1) is 13.1 Å². The molecule has 6 aliphatic rings. The van der Waals surface area contributed by atoms with Crippen molar-refractivity contribution in [3.8, 4) is 0 Å². The van der Waals surface area contributed by atoms with Gasteiger partial charge in [0.1, 0.15) is 12.8 Å². The Labute approximate surface area is 358 Å². The fourth-order valence-electron chi connectivity index (χ4n) is 5.27. The molecule has 3 aliphatic heterocycles. The second kappa shape index (κ2) is 32.5. The Morgan fingerprint density at radius 1 is 0.810 bits per heavy atom. The first-order valence-electron chi connectivity index (χ1n) is 19.6. The van der Waals surface area contributed by atoms with Crippen LogP contribution in [-0.2, 0) is 42.5 Å². The average molecular weight is 810 g/mol. The molecule has 17 heteroatoms. The fraction of sp³-hybridized carbons (Fsp3) is 0.585. The number of aliphatic hydroxyl groups is 1. The van der Waals surface area contributed by atoms with Gasteiger partial charge in [0.2, 0.25) is 0 Å². The maximum Gasteiger partial charge on any atom is 1.00 e. The van der Waals surface area contributed by atoms with Gasteiger partial charge in [0.15, 0.2) is 0 Å². The van der Waals surface area contributed by atoms with Crippen LogP contribution in [0.2, 0.25) is 0 Å². The van der Waals surface area contributed by atoms with Gasteiger partial charge in [0, 0.05) is 37.3 Å². The Balaban J connectivity index is 0. The van der Waals surface area contributed by atoms with E-state index in [4.69, 9.17) is 38.7 Å². The molecule has 58 heavy (non-hydrogen) atoms. The van der Waals surface area contributed by atoms with E-state index in [0.29, 0.717) is 6.42 Å². The molecule has 0 atom stereocenters. The van der Waals surface area contributed by atoms with E-state index in [0.717, 1.165) is 37.3 Å². The first-order chi connectivity index (χ1) is 26.8. The molecule has 3 aliphatic carbocycles. The number of aliphatic hydroxyl groups excluding tert-OH is 1. The molecule has 0 amide bonds. The number of carboxylic acids is 2.